The molecule has 0 aromatic carbocycles. The number of hydrogen-bond donors (Lipinski definition) is 1. The van der Waals surface area contributed by atoms with Gasteiger partial charge in [0.05, 0.1) is 11.4 Å². The quantitative estimate of drug-likeness (QED) is 0.729. The number of rotatable bonds is 2. The molecule has 2 N–H and O–H groups in total. The minimum absolute atomic E-state index is 0.659. The summed E-state index contributed by atoms with van der Waals surface area (Å²) in [5.74, 6) is 0.863. The van der Waals surface area contributed by atoms with Crippen LogP contribution in [0.2, 0.25) is 0 Å². The van der Waals surface area contributed by atoms with Gasteiger partial charge in [-0.05, 0) is 20.5 Å². The molecule has 1 aliphatic heterocycles. The van der Waals surface area contributed by atoms with Gasteiger partial charge in [-0.1, -0.05) is 0 Å². The molecule has 0 atom stereocenters. The first-order chi connectivity index (χ1) is 6.70. The molecule has 0 saturated heterocycles. The van der Waals surface area contributed by atoms with E-state index in [-0.39, 0.29) is 0 Å². The predicted octanol–water partition coefficient (Wildman–Crippen LogP) is 0.232. The summed E-state index contributed by atoms with van der Waals surface area (Å²) in [4.78, 5) is 11.2. The van der Waals surface area contributed by atoms with Crippen LogP contribution in [0.5, 0.6) is 0 Å². The van der Waals surface area contributed by atoms with Gasteiger partial charge in [0.25, 0.3) is 0 Å². The Morgan fingerprint density at radius 3 is 2.86 bits per heavy atom. The Balaban J connectivity index is 2.41. The van der Waals surface area contributed by atoms with Crippen LogP contribution in [-0.4, -0.2) is 28.5 Å². The molecule has 2 heterocycles. The van der Waals surface area contributed by atoms with Gasteiger partial charge in [-0.25, -0.2) is 9.97 Å². The third-order valence-electron chi connectivity index (χ3n) is 2.52. The molecule has 4 nitrogen and oxygen atoms in total. The summed E-state index contributed by atoms with van der Waals surface area (Å²) >= 11 is 0. The Morgan fingerprint density at radius 1 is 1.36 bits per heavy atom. The van der Waals surface area contributed by atoms with Crippen molar-refractivity contribution in [1.29, 1.82) is 0 Å². The van der Waals surface area contributed by atoms with E-state index in [9.17, 15) is 0 Å². The molecule has 0 unspecified atom stereocenters. The molecular weight excluding hydrogens is 176 g/mol. The van der Waals surface area contributed by atoms with Crippen LogP contribution >= 0.6 is 0 Å². The molecule has 0 radical (unpaired) electrons. The molecule has 1 aliphatic rings. The van der Waals surface area contributed by atoms with Crippen molar-refractivity contribution in [2.24, 2.45) is 5.73 Å². The lowest BCUT2D eigenvalue weighted by atomic mass is 10.1. The normalized spacial score (nSPS) is 15.9. The zero-order valence-corrected chi connectivity index (χ0v) is 8.75. The zero-order chi connectivity index (χ0) is 10.1. The highest BCUT2D eigenvalue weighted by Crippen LogP contribution is 2.22. The Labute approximate surface area is 84.2 Å². The second-order valence-electron chi connectivity index (χ2n) is 3.85. The van der Waals surface area contributed by atoms with Crippen LogP contribution in [0.25, 0.3) is 0 Å². The standard InChI is InChI=1S/C10H16N4/c1-7-12-9(3-4-11)8-5-14(2)6-10(8)13-7/h3-6,11H2,1-2H3. The average molecular weight is 192 g/mol. The van der Waals surface area contributed by atoms with Crippen LogP contribution < -0.4 is 5.73 Å². The van der Waals surface area contributed by atoms with Crippen LogP contribution in [0.15, 0.2) is 0 Å². The molecule has 0 bridgehead atoms. The highest BCUT2D eigenvalue weighted by Gasteiger charge is 2.21. The van der Waals surface area contributed by atoms with Crippen molar-refractivity contribution in [3.8, 4) is 0 Å². The van der Waals surface area contributed by atoms with Gasteiger partial charge in [-0.15, -0.1) is 0 Å². The number of aromatic nitrogens is 2. The molecule has 0 fully saturated rings. The molecule has 0 saturated carbocycles. The molecular formula is C10H16N4. The molecule has 0 spiro atoms. The lowest BCUT2D eigenvalue weighted by Gasteiger charge is -2.06. The predicted molar refractivity (Wildman–Crippen MR) is 54.7 cm³/mol. The van der Waals surface area contributed by atoms with Crippen molar-refractivity contribution >= 4 is 0 Å². The monoisotopic (exact) mass is 192 g/mol. The van der Waals surface area contributed by atoms with E-state index in [0.29, 0.717) is 6.54 Å². The van der Waals surface area contributed by atoms with Crippen LogP contribution in [0, 0.1) is 6.92 Å². The first-order valence-electron chi connectivity index (χ1n) is 4.94. The lowest BCUT2D eigenvalue weighted by molar-refractivity contribution is 0.350. The lowest BCUT2D eigenvalue weighted by Crippen LogP contribution is -2.10. The van der Waals surface area contributed by atoms with E-state index >= 15 is 0 Å². The van der Waals surface area contributed by atoms with Gasteiger partial charge < -0.3 is 5.73 Å². The third kappa shape index (κ3) is 1.63. The Kier molecular flexibility index (Phi) is 2.48. The summed E-state index contributed by atoms with van der Waals surface area (Å²) in [5, 5.41) is 0. The molecule has 1 aromatic heterocycles. The number of aryl methyl sites for hydroxylation is 1. The van der Waals surface area contributed by atoms with E-state index in [1.54, 1.807) is 0 Å². The first kappa shape index (κ1) is 9.55. The largest absolute Gasteiger partial charge is 0.330 e. The SMILES string of the molecule is Cc1nc(CCN)c2c(n1)CN(C)C2. The highest BCUT2D eigenvalue weighted by molar-refractivity contribution is 5.29. The van der Waals surface area contributed by atoms with Gasteiger partial charge in [0.1, 0.15) is 5.82 Å². The molecule has 4 heteroatoms. The number of nitrogens with zero attached hydrogens (tertiary/aromatic N) is 3. The molecule has 0 aliphatic carbocycles. The van der Waals surface area contributed by atoms with E-state index in [2.05, 4.69) is 21.9 Å². The van der Waals surface area contributed by atoms with Gasteiger partial charge in [0.2, 0.25) is 0 Å². The van der Waals surface area contributed by atoms with E-state index < -0.39 is 0 Å². The topological polar surface area (TPSA) is 55.0 Å². The van der Waals surface area contributed by atoms with E-state index in [1.165, 1.54) is 11.3 Å². The minimum Gasteiger partial charge on any atom is -0.330 e. The molecule has 0 amide bonds. The van der Waals surface area contributed by atoms with Crippen molar-refractivity contribution in [1.82, 2.24) is 14.9 Å². The molecule has 76 valence electrons. The third-order valence-corrected chi connectivity index (χ3v) is 2.52. The van der Waals surface area contributed by atoms with Gasteiger partial charge >= 0.3 is 0 Å². The van der Waals surface area contributed by atoms with Crippen molar-refractivity contribution in [2.45, 2.75) is 26.4 Å². The molecule has 1 aromatic rings. The second kappa shape index (κ2) is 3.63. The summed E-state index contributed by atoms with van der Waals surface area (Å²) in [6.45, 7) is 4.51. The van der Waals surface area contributed by atoms with Crippen molar-refractivity contribution in [2.75, 3.05) is 13.6 Å². The van der Waals surface area contributed by atoms with Crippen LogP contribution in [0.4, 0.5) is 0 Å². The van der Waals surface area contributed by atoms with Crippen molar-refractivity contribution in [3.05, 3.63) is 22.8 Å². The number of nitrogens with two attached hydrogens (primary N) is 1. The summed E-state index contributed by atoms with van der Waals surface area (Å²) in [6.07, 6.45) is 0.861. The van der Waals surface area contributed by atoms with Gasteiger partial charge in [-0.3, -0.25) is 4.90 Å². The number of fused-ring (bicyclic) bond motifs is 1. The summed E-state index contributed by atoms with van der Waals surface area (Å²) in [6, 6.07) is 0. The van der Waals surface area contributed by atoms with Gasteiger partial charge in [0.15, 0.2) is 0 Å². The van der Waals surface area contributed by atoms with Gasteiger partial charge in [-0.2, -0.15) is 0 Å². The van der Waals surface area contributed by atoms with Crippen LogP contribution in [0.3, 0.4) is 0 Å². The van der Waals surface area contributed by atoms with Crippen molar-refractivity contribution in [3.63, 3.8) is 0 Å². The number of hydrogen-bond acceptors (Lipinski definition) is 4. The second-order valence-corrected chi connectivity index (χ2v) is 3.85. The maximum atomic E-state index is 5.57. The van der Waals surface area contributed by atoms with E-state index in [4.69, 9.17) is 5.73 Å². The highest BCUT2D eigenvalue weighted by atomic mass is 15.1. The fourth-order valence-electron chi connectivity index (χ4n) is 1.96. The molecule has 14 heavy (non-hydrogen) atoms. The van der Waals surface area contributed by atoms with Crippen molar-refractivity contribution < 1.29 is 0 Å². The van der Waals surface area contributed by atoms with E-state index in [0.717, 1.165) is 31.0 Å². The summed E-state index contributed by atoms with van der Waals surface area (Å²) < 4.78 is 0. The first-order valence-corrected chi connectivity index (χ1v) is 4.94. The fourth-order valence-corrected chi connectivity index (χ4v) is 1.96. The van der Waals surface area contributed by atoms with E-state index in [1.807, 2.05) is 6.92 Å². The Bertz CT molecular complexity index is 348. The minimum atomic E-state index is 0.659. The smallest absolute Gasteiger partial charge is 0.125 e. The van der Waals surface area contributed by atoms with Crippen LogP contribution in [-0.2, 0) is 19.5 Å². The fraction of sp³-hybridized carbons (Fsp3) is 0.600. The Morgan fingerprint density at radius 2 is 2.14 bits per heavy atom. The maximum Gasteiger partial charge on any atom is 0.125 e. The van der Waals surface area contributed by atoms with Gasteiger partial charge in [0, 0.05) is 25.1 Å². The average Bonchev–Trinajstić information content (AvgIpc) is 2.45. The Hall–Kier alpha value is -1.00. The summed E-state index contributed by atoms with van der Waals surface area (Å²) in [7, 11) is 2.10. The molecule has 2 rings (SSSR count). The summed E-state index contributed by atoms with van der Waals surface area (Å²) in [5.41, 5.74) is 9.18. The maximum absolute atomic E-state index is 5.57. The van der Waals surface area contributed by atoms with Crippen LogP contribution in [0.1, 0.15) is 22.8 Å². The zero-order valence-electron chi connectivity index (χ0n) is 8.75.